The van der Waals surface area contributed by atoms with Crippen molar-refractivity contribution in [1.29, 1.82) is 0 Å². The van der Waals surface area contributed by atoms with E-state index in [1.165, 1.54) is 4.68 Å². The van der Waals surface area contributed by atoms with Crippen molar-refractivity contribution in [3.8, 4) is 0 Å². The van der Waals surface area contributed by atoms with Crippen LogP contribution in [0, 0.1) is 13.8 Å². The molecule has 104 valence electrons. The van der Waals surface area contributed by atoms with E-state index in [0.717, 1.165) is 16.3 Å². The van der Waals surface area contributed by atoms with E-state index in [9.17, 15) is 14.4 Å². The second kappa shape index (κ2) is 5.98. The lowest BCUT2D eigenvalue weighted by atomic mass is 10.4. The number of aromatic nitrogens is 2. The van der Waals surface area contributed by atoms with Gasteiger partial charge in [0.15, 0.2) is 0 Å². The zero-order valence-corrected chi connectivity index (χ0v) is 10.7. The second-order valence-electron chi connectivity index (χ2n) is 4.12. The summed E-state index contributed by atoms with van der Waals surface area (Å²) in [6.45, 7) is 2.04. The number of amides is 1. The standard InChI is InChI=1S/C11H15N3O5/c1-7-3-8(2)14(12-7)4-9(15)13(5-10(16)17)6-11(18)19/h3H,4-6H2,1-2H3,(H,16,17)(H,18,19). The zero-order valence-electron chi connectivity index (χ0n) is 10.7. The largest absolute Gasteiger partial charge is 0.480 e. The number of nitrogens with zero attached hydrogens (tertiary/aromatic N) is 3. The lowest BCUT2D eigenvalue weighted by molar-refractivity contribution is -0.149. The van der Waals surface area contributed by atoms with Crippen LogP contribution < -0.4 is 0 Å². The van der Waals surface area contributed by atoms with Crippen LogP contribution in [-0.2, 0) is 20.9 Å². The van der Waals surface area contributed by atoms with Crippen molar-refractivity contribution < 1.29 is 24.6 Å². The molecule has 0 aliphatic carbocycles. The minimum Gasteiger partial charge on any atom is -0.480 e. The first-order valence-corrected chi connectivity index (χ1v) is 5.52. The predicted molar refractivity (Wildman–Crippen MR) is 63.6 cm³/mol. The fourth-order valence-electron chi connectivity index (χ4n) is 1.62. The van der Waals surface area contributed by atoms with Crippen LogP contribution in [0.5, 0.6) is 0 Å². The summed E-state index contributed by atoms with van der Waals surface area (Å²) in [5, 5.41) is 21.4. The van der Waals surface area contributed by atoms with E-state index < -0.39 is 30.9 Å². The van der Waals surface area contributed by atoms with E-state index in [4.69, 9.17) is 10.2 Å². The molecule has 0 aromatic carbocycles. The predicted octanol–water partition coefficient (Wildman–Crippen LogP) is -0.502. The van der Waals surface area contributed by atoms with Crippen molar-refractivity contribution in [1.82, 2.24) is 14.7 Å². The van der Waals surface area contributed by atoms with Crippen molar-refractivity contribution in [3.63, 3.8) is 0 Å². The van der Waals surface area contributed by atoms with Crippen LogP contribution in [0.25, 0.3) is 0 Å². The molecule has 1 rings (SSSR count). The normalized spacial score (nSPS) is 10.2. The highest BCUT2D eigenvalue weighted by molar-refractivity contribution is 5.84. The van der Waals surface area contributed by atoms with Crippen LogP contribution in [0.4, 0.5) is 0 Å². The Kier molecular flexibility index (Phi) is 4.62. The summed E-state index contributed by atoms with van der Waals surface area (Å²) in [5.74, 6) is -3.12. The number of carboxylic acid groups (broad SMARTS) is 2. The smallest absolute Gasteiger partial charge is 0.323 e. The zero-order chi connectivity index (χ0) is 14.6. The van der Waals surface area contributed by atoms with Crippen molar-refractivity contribution >= 4 is 17.8 Å². The summed E-state index contributed by atoms with van der Waals surface area (Å²) in [6, 6.07) is 1.77. The van der Waals surface area contributed by atoms with Crippen molar-refractivity contribution in [2.24, 2.45) is 0 Å². The summed E-state index contributed by atoms with van der Waals surface area (Å²) >= 11 is 0. The van der Waals surface area contributed by atoms with Crippen molar-refractivity contribution in [3.05, 3.63) is 17.5 Å². The Bertz CT molecular complexity index is 492. The summed E-state index contributed by atoms with van der Waals surface area (Å²) in [6.07, 6.45) is 0. The van der Waals surface area contributed by atoms with Crippen LogP contribution in [0.3, 0.4) is 0 Å². The molecule has 0 saturated carbocycles. The number of rotatable bonds is 6. The Balaban J connectivity index is 2.78. The molecule has 0 spiro atoms. The van der Waals surface area contributed by atoms with Crippen molar-refractivity contribution in [2.45, 2.75) is 20.4 Å². The van der Waals surface area contributed by atoms with Crippen LogP contribution in [-0.4, -0.2) is 55.8 Å². The third-order valence-electron chi connectivity index (χ3n) is 2.39. The van der Waals surface area contributed by atoms with Gasteiger partial charge in [0.05, 0.1) is 5.69 Å². The lowest BCUT2D eigenvalue weighted by Gasteiger charge is -2.18. The molecule has 0 saturated heterocycles. The molecular weight excluding hydrogens is 254 g/mol. The van der Waals surface area contributed by atoms with Gasteiger partial charge in [-0.15, -0.1) is 0 Å². The Labute approximate surface area is 109 Å². The molecule has 0 radical (unpaired) electrons. The molecular formula is C11H15N3O5. The molecule has 0 fully saturated rings. The van der Waals surface area contributed by atoms with Crippen molar-refractivity contribution in [2.75, 3.05) is 13.1 Å². The van der Waals surface area contributed by atoms with Gasteiger partial charge in [-0.2, -0.15) is 5.10 Å². The number of carboxylic acids is 2. The second-order valence-corrected chi connectivity index (χ2v) is 4.12. The molecule has 19 heavy (non-hydrogen) atoms. The maximum absolute atomic E-state index is 11.9. The molecule has 0 unspecified atom stereocenters. The van der Waals surface area contributed by atoms with Gasteiger partial charge in [0.1, 0.15) is 19.6 Å². The maximum atomic E-state index is 11.9. The third-order valence-corrected chi connectivity index (χ3v) is 2.39. The molecule has 8 nitrogen and oxygen atoms in total. The number of aryl methyl sites for hydroxylation is 2. The molecule has 1 aromatic heterocycles. The Morgan fingerprint density at radius 2 is 1.74 bits per heavy atom. The van der Waals surface area contributed by atoms with E-state index in [1.807, 2.05) is 0 Å². The first-order chi connectivity index (χ1) is 8.79. The number of carbonyl (C=O) groups excluding carboxylic acids is 1. The SMILES string of the molecule is Cc1cc(C)n(CC(=O)N(CC(=O)O)CC(=O)O)n1. The minimum absolute atomic E-state index is 0.180. The van der Waals surface area contributed by atoms with E-state index in [2.05, 4.69) is 5.10 Å². The van der Waals surface area contributed by atoms with E-state index in [-0.39, 0.29) is 6.54 Å². The van der Waals surface area contributed by atoms with Gasteiger partial charge in [0.25, 0.3) is 0 Å². The first-order valence-electron chi connectivity index (χ1n) is 5.52. The van der Waals surface area contributed by atoms with Crippen LogP contribution >= 0.6 is 0 Å². The Morgan fingerprint density at radius 1 is 1.21 bits per heavy atom. The minimum atomic E-state index is -1.26. The summed E-state index contributed by atoms with van der Waals surface area (Å²) in [7, 11) is 0. The van der Waals surface area contributed by atoms with Crippen LogP contribution in [0.1, 0.15) is 11.4 Å². The summed E-state index contributed by atoms with van der Waals surface area (Å²) in [5.41, 5.74) is 1.48. The number of aliphatic carboxylic acids is 2. The molecule has 0 bridgehead atoms. The molecule has 2 N–H and O–H groups in total. The third kappa shape index (κ3) is 4.41. The van der Waals surface area contributed by atoms with E-state index >= 15 is 0 Å². The average molecular weight is 269 g/mol. The average Bonchev–Trinajstić information content (AvgIpc) is 2.55. The molecule has 1 amide bonds. The Hall–Kier alpha value is -2.38. The van der Waals surface area contributed by atoms with Crippen LogP contribution in [0.15, 0.2) is 6.07 Å². The molecule has 0 aliphatic heterocycles. The van der Waals surface area contributed by atoms with Gasteiger partial charge in [-0.1, -0.05) is 0 Å². The van der Waals surface area contributed by atoms with Gasteiger partial charge in [-0.05, 0) is 19.9 Å². The Morgan fingerprint density at radius 3 is 2.11 bits per heavy atom. The molecule has 0 aliphatic rings. The highest BCUT2D eigenvalue weighted by Gasteiger charge is 2.20. The van der Waals surface area contributed by atoms with E-state index in [1.54, 1.807) is 19.9 Å². The van der Waals surface area contributed by atoms with Gasteiger partial charge < -0.3 is 15.1 Å². The van der Waals surface area contributed by atoms with Gasteiger partial charge in [0, 0.05) is 5.69 Å². The van der Waals surface area contributed by atoms with E-state index in [0.29, 0.717) is 0 Å². The molecule has 1 aromatic rings. The highest BCUT2D eigenvalue weighted by Crippen LogP contribution is 2.03. The lowest BCUT2D eigenvalue weighted by Crippen LogP contribution is -2.41. The summed E-state index contributed by atoms with van der Waals surface area (Å²) < 4.78 is 1.41. The maximum Gasteiger partial charge on any atom is 0.323 e. The van der Waals surface area contributed by atoms with Gasteiger partial charge >= 0.3 is 11.9 Å². The summed E-state index contributed by atoms with van der Waals surface area (Å²) in [4.78, 5) is 33.9. The monoisotopic (exact) mass is 269 g/mol. The van der Waals surface area contributed by atoms with Gasteiger partial charge in [-0.25, -0.2) is 0 Å². The fourth-order valence-corrected chi connectivity index (χ4v) is 1.62. The molecule has 0 atom stereocenters. The number of hydrogen-bond acceptors (Lipinski definition) is 4. The van der Waals surface area contributed by atoms with Gasteiger partial charge in [-0.3, -0.25) is 19.1 Å². The number of hydrogen-bond donors (Lipinski definition) is 2. The molecule has 1 heterocycles. The van der Waals surface area contributed by atoms with Crippen LogP contribution in [0.2, 0.25) is 0 Å². The quantitative estimate of drug-likeness (QED) is 0.719. The fraction of sp³-hybridized carbons (Fsp3) is 0.455. The molecule has 8 heteroatoms. The highest BCUT2D eigenvalue weighted by atomic mass is 16.4. The topological polar surface area (TPSA) is 113 Å². The number of carbonyl (C=O) groups is 3. The first kappa shape index (κ1) is 14.7. The van der Waals surface area contributed by atoms with Gasteiger partial charge in [0.2, 0.25) is 5.91 Å².